The van der Waals surface area contributed by atoms with E-state index in [9.17, 15) is 22.8 Å². The van der Waals surface area contributed by atoms with Crippen LogP contribution in [0.5, 0.6) is 0 Å². The fourth-order valence-electron chi connectivity index (χ4n) is 3.08. The van der Waals surface area contributed by atoms with Gasteiger partial charge in [-0.1, -0.05) is 0 Å². The molecular weight excluding hydrogens is 371 g/mol. The summed E-state index contributed by atoms with van der Waals surface area (Å²) in [5.74, 6) is -0.196. The topological polar surface area (TPSA) is 64.8 Å². The van der Waals surface area contributed by atoms with Gasteiger partial charge in [-0.15, -0.1) is 0 Å². The lowest BCUT2D eigenvalue weighted by Gasteiger charge is -2.14. The van der Waals surface area contributed by atoms with E-state index in [1.54, 1.807) is 6.07 Å². The number of benzene rings is 1. The summed E-state index contributed by atoms with van der Waals surface area (Å²) in [5, 5.41) is 1.35. The molecular formula is C20H12F3N3O2. The molecule has 0 saturated carbocycles. The van der Waals surface area contributed by atoms with Gasteiger partial charge in [0.1, 0.15) is 5.65 Å². The van der Waals surface area contributed by atoms with Crippen LogP contribution in [0.4, 0.5) is 13.2 Å². The van der Waals surface area contributed by atoms with Crippen molar-refractivity contribution < 1.29 is 18.0 Å². The molecule has 0 unspecified atom stereocenters. The van der Waals surface area contributed by atoms with Crippen molar-refractivity contribution >= 4 is 27.6 Å². The second-order valence-electron chi connectivity index (χ2n) is 6.26. The molecule has 0 aliphatic heterocycles. The van der Waals surface area contributed by atoms with Gasteiger partial charge >= 0.3 is 6.18 Å². The van der Waals surface area contributed by atoms with Crippen LogP contribution in [0.1, 0.15) is 22.8 Å². The van der Waals surface area contributed by atoms with Gasteiger partial charge in [-0.2, -0.15) is 13.2 Å². The minimum absolute atomic E-state index is 0.196. The highest BCUT2D eigenvalue weighted by atomic mass is 19.4. The average molecular weight is 383 g/mol. The zero-order valence-corrected chi connectivity index (χ0v) is 14.5. The van der Waals surface area contributed by atoms with Gasteiger partial charge < -0.3 is 0 Å². The van der Waals surface area contributed by atoms with E-state index in [0.717, 1.165) is 12.1 Å². The van der Waals surface area contributed by atoms with Gasteiger partial charge in [0.25, 0.3) is 5.56 Å². The number of hydrogen-bond donors (Lipinski definition) is 0. The van der Waals surface area contributed by atoms with Gasteiger partial charge in [-0.3, -0.25) is 19.1 Å². The first-order valence-corrected chi connectivity index (χ1v) is 8.24. The summed E-state index contributed by atoms with van der Waals surface area (Å²) in [4.78, 5) is 33.1. The normalized spacial score (nSPS) is 11.9. The first kappa shape index (κ1) is 17.8. The van der Waals surface area contributed by atoms with Crippen LogP contribution in [0, 0.1) is 0 Å². The molecule has 3 heterocycles. The molecule has 0 amide bonds. The van der Waals surface area contributed by atoms with E-state index in [4.69, 9.17) is 0 Å². The molecule has 8 heteroatoms. The average Bonchev–Trinajstić information content (AvgIpc) is 2.67. The number of ketones is 1. The maximum Gasteiger partial charge on any atom is 0.416 e. The Morgan fingerprint density at radius 1 is 1.00 bits per heavy atom. The summed E-state index contributed by atoms with van der Waals surface area (Å²) in [6, 6.07) is 7.39. The Morgan fingerprint density at radius 3 is 2.36 bits per heavy atom. The molecule has 140 valence electrons. The maximum absolute atomic E-state index is 13.0. The van der Waals surface area contributed by atoms with Crippen LogP contribution in [-0.4, -0.2) is 20.3 Å². The minimum atomic E-state index is -4.48. The molecule has 0 N–H and O–H groups in total. The predicted octanol–water partition coefficient (Wildman–Crippen LogP) is 4.16. The summed E-state index contributed by atoms with van der Waals surface area (Å²) < 4.78 is 39.8. The molecule has 1 aromatic carbocycles. The van der Waals surface area contributed by atoms with Crippen molar-refractivity contribution in [3.63, 3.8) is 0 Å². The zero-order valence-electron chi connectivity index (χ0n) is 14.5. The lowest BCUT2D eigenvalue weighted by Crippen LogP contribution is -2.20. The van der Waals surface area contributed by atoms with Crippen LogP contribution in [0.3, 0.4) is 0 Å². The number of pyridine rings is 3. The van der Waals surface area contributed by atoms with Crippen LogP contribution >= 0.6 is 0 Å². The fraction of sp³-hybridized carbons (Fsp3) is 0.100. The number of fused-ring (bicyclic) bond motifs is 3. The minimum Gasteiger partial charge on any atom is -0.294 e. The summed E-state index contributed by atoms with van der Waals surface area (Å²) in [6.45, 7) is 1.40. The van der Waals surface area contributed by atoms with Crippen molar-refractivity contribution in [1.82, 2.24) is 14.5 Å². The summed E-state index contributed by atoms with van der Waals surface area (Å²) in [6.07, 6.45) is -0.182. The molecule has 28 heavy (non-hydrogen) atoms. The third kappa shape index (κ3) is 2.83. The Hall–Kier alpha value is -3.55. The largest absolute Gasteiger partial charge is 0.416 e. The van der Waals surface area contributed by atoms with E-state index in [1.165, 1.54) is 48.3 Å². The van der Waals surface area contributed by atoms with Crippen LogP contribution in [-0.2, 0) is 6.18 Å². The van der Waals surface area contributed by atoms with Crippen LogP contribution in [0.25, 0.3) is 27.5 Å². The van der Waals surface area contributed by atoms with Gasteiger partial charge in [0, 0.05) is 34.9 Å². The molecule has 0 spiro atoms. The zero-order chi connectivity index (χ0) is 20.1. The standard InChI is InChI=1S/C20H12F3N3O2/c1-11(27)12-8-16-17-10-24-7-6-15(17)19(28)26(18(16)25-9-12)14-4-2-13(3-5-14)20(21,22)23/h2-10H,1H3. The number of carbonyl (C=O) groups is 1. The number of aromatic nitrogens is 3. The fourth-order valence-corrected chi connectivity index (χ4v) is 3.08. The van der Waals surface area contributed by atoms with Crippen LogP contribution in [0.2, 0.25) is 0 Å². The molecule has 5 nitrogen and oxygen atoms in total. The van der Waals surface area contributed by atoms with Crippen molar-refractivity contribution in [1.29, 1.82) is 0 Å². The number of alkyl halides is 3. The summed E-state index contributed by atoms with van der Waals surface area (Å²) in [5.41, 5.74) is -0.423. The second-order valence-corrected chi connectivity index (χ2v) is 6.26. The summed E-state index contributed by atoms with van der Waals surface area (Å²) >= 11 is 0. The number of halogens is 3. The first-order chi connectivity index (χ1) is 13.3. The number of carbonyl (C=O) groups excluding carboxylic acids is 1. The summed E-state index contributed by atoms with van der Waals surface area (Å²) in [7, 11) is 0. The Labute approximate surface area is 156 Å². The Balaban J connectivity index is 2.08. The highest BCUT2D eigenvalue weighted by molar-refractivity contribution is 6.07. The maximum atomic E-state index is 13.0. The lowest BCUT2D eigenvalue weighted by molar-refractivity contribution is -0.137. The Bertz CT molecular complexity index is 1290. The third-order valence-electron chi connectivity index (χ3n) is 4.48. The molecule has 0 fully saturated rings. The van der Waals surface area contributed by atoms with Crippen molar-refractivity contribution in [2.45, 2.75) is 13.1 Å². The van der Waals surface area contributed by atoms with E-state index in [1.807, 2.05) is 0 Å². The van der Waals surface area contributed by atoms with Gasteiger partial charge in [0.05, 0.1) is 16.6 Å². The molecule has 0 radical (unpaired) electrons. The van der Waals surface area contributed by atoms with Crippen molar-refractivity contribution in [3.8, 4) is 5.69 Å². The molecule has 0 atom stereocenters. The molecule has 0 aliphatic carbocycles. The number of rotatable bonds is 2. The van der Waals surface area contributed by atoms with Crippen LogP contribution in [0.15, 0.2) is 59.8 Å². The molecule has 0 saturated heterocycles. The highest BCUT2D eigenvalue weighted by Crippen LogP contribution is 2.30. The van der Waals surface area contributed by atoms with Crippen molar-refractivity contribution in [2.75, 3.05) is 0 Å². The molecule has 4 aromatic rings. The molecule has 0 bridgehead atoms. The van der Waals surface area contributed by atoms with E-state index in [0.29, 0.717) is 21.7 Å². The monoisotopic (exact) mass is 383 g/mol. The van der Waals surface area contributed by atoms with E-state index in [-0.39, 0.29) is 17.1 Å². The number of Topliss-reactive ketones (excluding diaryl/α,β-unsaturated/α-hetero) is 1. The van der Waals surface area contributed by atoms with Gasteiger partial charge in [0.15, 0.2) is 5.78 Å². The highest BCUT2D eigenvalue weighted by Gasteiger charge is 2.30. The predicted molar refractivity (Wildman–Crippen MR) is 97.6 cm³/mol. The molecule has 3 aromatic heterocycles. The van der Waals surface area contributed by atoms with Gasteiger partial charge in [-0.05, 0) is 43.3 Å². The third-order valence-corrected chi connectivity index (χ3v) is 4.48. The Kier molecular flexibility index (Phi) is 3.99. The van der Waals surface area contributed by atoms with E-state index < -0.39 is 17.3 Å². The number of nitrogens with zero attached hydrogens (tertiary/aromatic N) is 3. The van der Waals surface area contributed by atoms with Crippen molar-refractivity contribution in [2.24, 2.45) is 0 Å². The Morgan fingerprint density at radius 2 is 1.71 bits per heavy atom. The SMILES string of the molecule is CC(=O)c1cnc2c(c1)c1cnccc1c(=O)n2-c1ccc(C(F)(F)F)cc1. The lowest BCUT2D eigenvalue weighted by atomic mass is 10.1. The van der Waals surface area contributed by atoms with Crippen LogP contribution < -0.4 is 5.56 Å². The quantitative estimate of drug-likeness (QED) is 0.385. The number of hydrogen-bond acceptors (Lipinski definition) is 4. The molecule has 0 aliphatic rings. The second kappa shape index (κ2) is 6.26. The van der Waals surface area contributed by atoms with E-state index in [2.05, 4.69) is 9.97 Å². The molecule has 4 rings (SSSR count). The first-order valence-electron chi connectivity index (χ1n) is 8.24. The van der Waals surface area contributed by atoms with E-state index >= 15 is 0 Å². The smallest absolute Gasteiger partial charge is 0.294 e. The van der Waals surface area contributed by atoms with Crippen molar-refractivity contribution in [3.05, 3.63) is 76.5 Å². The van der Waals surface area contributed by atoms with Gasteiger partial charge in [-0.25, -0.2) is 4.98 Å². The van der Waals surface area contributed by atoms with Gasteiger partial charge in [0.2, 0.25) is 0 Å².